The van der Waals surface area contributed by atoms with Crippen LogP contribution in [0.1, 0.15) is 52.9 Å². The molecule has 0 aliphatic heterocycles. The van der Waals surface area contributed by atoms with Gasteiger partial charge in [0.25, 0.3) is 0 Å². The zero-order valence-corrected chi connectivity index (χ0v) is 9.43. The molecule has 0 spiro atoms. The van der Waals surface area contributed by atoms with Gasteiger partial charge in [0.15, 0.2) is 0 Å². The summed E-state index contributed by atoms with van der Waals surface area (Å²) in [4.78, 5) is 22.7. The first kappa shape index (κ1) is 11.4. The Balaban J connectivity index is 2.79. The van der Waals surface area contributed by atoms with Crippen LogP contribution in [0.5, 0.6) is 0 Å². The minimum atomic E-state index is -0.0596. The van der Waals surface area contributed by atoms with Crippen molar-refractivity contribution in [1.29, 1.82) is 0 Å². The summed E-state index contributed by atoms with van der Waals surface area (Å²) in [6, 6.07) is 0. The number of hydrogen-bond acceptors (Lipinski definition) is 2. The molecule has 0 heterocycles. The van der Waals surface area contributed by atoms with Crippen LogP contribution in [0.3, 0.4) is 0 Å². The van der Waals surface area contributed by atoms with Gasteiger partial charge in [-0.05, 0) is 32.1 Å². The van der Waals surface area contributed by atoms with E-state index in [0.717, 1.165) is 25.7 Å². The predicted molar refractivity (Wildman–Crippen MR) is 56.0 cm³/mol. The Bertz CT molecular complexity index is 245. The standard InChI is InChI=1S/C12H20O2/c1-9(13)8-12(3)7-5-4-6-11(12)10(2)14/h11H,4-8H2,1-3H3. The van der Waals surface area contributed by atoms with Crippen LogP contribution in [-0.4, -0.2) is 11.6 Å². The lowest BCUT2D eigenvalue weighted by atomic mass is 9.64. The Kier molecular flexibility index (Phi) is 3.46. The zero-order chi connectivity index (χ0) is 10.8. The van der Waals surface area contributed by atoms with E-state index in [0.29, 0.717) is 6.42 Å². The molecular formula is C12H20O2. The molecule has 1 saturated carbocycles. The van der Waals surface area contributed by atoms with E-state index in [2.05, 4.69) is 6.92 Å². The minimum absolute atomic E-state index is 0.0596. The molecule has 0 aromatic rings. The van der Waals surface area contributed by atoms with Crippen LogP contribution in [0.15, 0.2) is 0 Å². The topological polar surface area (TPSA) is 34.1 Å². The van der Waals surface area contributed by atoms with Gasteiger partial charge in [-0.25, -0.2) is 0 Å². The Hall–Kier alpha value is -0.660. The molecule has 80 valence electrons. The lowest BCUT2D eigenvalue weighted by Gasteiger charge is -2.39. The van der Waals surface area contributed by atoms with Gasteiger partial charge in [-0.3, -0.25) is 4.79 Å². The molecule has 0 radical (unpaired) electrons. The third-order valence-corrected chi connectivity index (χ3v) is 3.48. The predicted octanol–water partition coefficient (Wildman–Crippen LogP) is 2.75. The molecule has 0 N–H and O–H groups in total. The molecule has 2 atom stereocenters. The molecule has 0 amide bonds. The van der Waals surface area contributed by atoms with Crippen molar-refractivity contribution in [3.8, 4) is 0 Å². The lowest BCUT2D eigenvalue weighted by molar-refractivity contribution is -0.129. The van der Waals surface area contributed by atoms with Gasteiger partial charge in [0, 0.05) is 12.3 Å². The maximum Gasteiger partial charge on any atom is 0.133 e. The SMILES string of the molecule is CC(=O)CC1(C)CCCCC1C(C)=O. The average molecular weight is 196 g/mol. The van der Waals surface area contributed by atoms with Gasteiger partial charge in [0.05, 0.1) is 0 Å². The van der Waals surface area contributed by atoms with Gasteiger partial charge in [0.2, 0.25) is 0 Å². The van der Waals surface area contributed by atoms with E-state index < -0.39 is 0 Å². The second kappa shape index (κ2) is 4.24. The molecule has 1 aliphatic carbocycles. The highest BCUT2D eigenvalue weighted by Crippen LogP contribution is 2.44. The summed E-state index contributed by atoms with van der Waals surface area (Å²) in [5.41, 5.74) is -0.0596. The molecule has 1 rings (SSSR count). The molecule has 0 aromatic heterocycles. The third-order valence-electron chi connectivity index (χ3n) is 3.48. The number of hydrogen-bond donors (Lipinski definition) is 0. The molecule has 2 unspecified atom stereocenters. The summed E-state index contributed by atoms with van der Waals surface area (Å²) in [6.45, 7) is 5.38. The van der Waals surface area contributed by atoms with Crippen molar-refractivity contribution in [2.24, 2.45) is 11.3 Å². The summed E-state index contributed by atoms with van der Waals surface area (Å²) < 4.78 is 0. The fourth-order valence-corrected chi connectivity index (χ4v) is 2.87. The monoisotopic (exact) mass is 196 g/mol. The average Bonchev–Trinajstić information content (AvgIpc) is 2.01. The van der Waals surface area contributed by atoms with Gasteiger partial charge in [0.1, 0.15) is 11.6 Å². The van der Waals surface area contributed by atoms with Crippen LogP contribution in [0.4, 0.5) is 0 Å². The maximum atomic E-state index is 11.5. The van der Waals surface area contributed by atoms with Crippen molar-refractivity contribution < 1.29 is 9.59 Å². The maximum absolute atomic E-state index is 11.5. The van der Waals surface area contributed by atoms with Crippen molar-refractivity contribution in [2.45, 2.75) is 52.9 Å². The second-order valence-electron chi connectivity index (χ2n) is 4.94. The Morgan fingerprint density at radius 2 is 1.93 bits per heavy atom. The first-order chi connectivity index (χ1) is 6.46. The van der Waals surface area contributed by atoms with E-state index >= 15 is 0 Å². The van der Waals surface area contributed by atoms with E-state index in [-0.39, 0.29) is 22.9 Å². The van der Waals surface area contributed by atoms with Gasteiger partial charge in [-0.2, -0.15) is 0 Å². The largest absolute Gasteiger partial charge is 0.300 e. The van der Waals surface area contributed by atoms with E-state index in [1.807, 2.05) is 0 Å². The first-order valence-electron chi connectivity index (χ1n) is 5.45. The highest BCUT2D eigenvalue weighted by molar-refractivity contribution is 5.81. The summed E-state index contributed by atoms with van der Waals surface area (Å²) >= 11 is 0. The molecular weight excluding hydrogens is 176 g/mol. The van der Waals surface area contributed by atoms with Crippen LogP contribution < -0.4 is 0 Å². The highest BCUT2D eigenvalue weighted by Gasteiger charge is 2.39. The summed E-state index contributed by atoms with van der Waals surface area (Å²) in [5.74, 6) is 0.578. The molecule has 0 aromatic carbocycles. The molecule has 2 nitrogen and oxygen atoms in total. The number of ketones is 2. The fourth-order valence-electron chi connectivity index (χ4n) is 2.87. The van der Waals surface area contributed by atoms with Crippen molar-refractivity contribution in [3.63, 3.8) is 0 Å². The van der Waals surface area contributed by atoms with Crippen LogP contribution in [0.2, 0.25) is 0 Å². The lowest BCUT2D eigenvalue weighted by Crippen LogP contribution is -2.36. The number of rotatable bonds is 3. The second-order valence-corrected chi connectivity index (χ2v) is 4.94. The number of carbonyl (C=O) groups excluding carboxylic acids is 2. The molecule has 1 aliphatic rings. The van der Waals surface area contributed by atoms with Gasteiger partial charge >= 0.3 is 0 Å². The summed E-state index contributed by atoms with van der Waals surface area (Å²) in [5, 5.41) is 0. The molecule has 0 saturated heterocycles. The first-order valence-corrected chi connectivity index (χ1v) is 5.45. The quantitative estimate of drug-likeness (QED) is 0.695. The summed E-state index contributed by atoms with van der Waals surface area (Å²) in [6.07, 6.45) is 4.86. The van der Waals surface area contributed by atoms with E-state index in [1.165, 1.54) is 0 Å². The van der Waals surface area contributed by atoms with Gasteiger partial charge in [-0.15, -0.1) is 0 Å². The smallest absolute Gasteiger partial charge is 0.133 e. The van der Waals surface area contributed by atoms with Crippen molar-refractivity contribution in [1.82, 2.24) is 0 Å². The van der Waals surface area contributed by atoms with Crippen LogP contribution in [-0.2, 0) is 9.59 Å². The van der Waals surface area contributed by atoms with Crippen LogP contribution in [0, 0.1) is 11.3 Å². The molecule has 0 bridgehead atoms. The van der Waals surface area contributed by atoms with E-state index in [1.54, 1.807) is 13.8 Å². The zero-order valence-electron chi connectivity index (χ0n) is 9.43. The molecule has 2 heteroatoms. The normalized spacial score (nSPS) is 32.6. The van der Waals surface area contributed by atoms with Crippen molar-refractivity contribution >= 4 is 11.6 Å². The van der Waals surface area contributed by atoms with Crippen molar-refractivity contribution in [2.75, 3.05) is 0 Å². The van der Waals surface area contributed by atoms with Crippen LogP contribution >= 0.6 is 0 Å². The number of Topliss-reactive ketones (excluding diaryl/α,β-unsaturated/α-hetero) is 2. The third kappa shape index (κ3) is 2.43. The van der Waals surface area contributed by atoms with Gasteiger partial charge in [-0.1, -0.05) is 19.8 Å². The van der Waals surface area contributed by atoms with Crippen molar-refractivity contribution in [3.05, 3.63) is 0 Å². The van der Waals surface area contributed by atoms with E-state index in [4.69, 9.17) is 0 Å². The fraction of sp³-hybridized carbons (Fsp3) is 0.833. The Labute approximate surface area is 86.1 Å². The Morgan fingerprint density at radius 1 is 1.29 bits per heavy atom. The summed E-state index contributed by atoms with van der Waals surface area (Å²) in [7, 11) is 0. The van der Waals surface area contributed by atoms with E-state index in [9.17, 15) is 9.59 Å². The van der Waals surface area contributed by atoms with Gasteiger partial charge < -0.3 is 4.79 Å². The minimum Gasteiger partial charge on any atom is -0.300 e. The highest BCUT2D eigenvalue weighted by atomic mass is 16.1. The molecule has 14 heavy (non-hydrogen) atoms. The molecule has 1 fully saturated rings. The Morgan fingerprint density at radius 3 is 2.43 bits per heavy atom. The van der Waals surface area contributed by atoms with Crippen LogP contribution in [0.25, 0.3) is 0 Å². The number of carbonyl (C=O) groups is 2.